The van der Waals surface area contributed by atoms with Crippen LogP contribution in [0.2, 0.25) is 0 Å². The Morgan fingerprint density at radius 1 is 1.30 bits per heavy atom. The van der Waals surface area contributed by atoms with E-state index in [0.717, 1.165) is 39.5 Å². The van der Waals surface area contributed by atoms with Gasteiger partial charge in [0.05, 0.1) is 27.4 Å². The average Bonchev–Trinajstić information content (AvgIpc) is 3.10. The molecule has 1 saturated heterocycles. The van der Waals surface area contributed by atoms with E-state index in [1.807, 2.05) is 25.5 Å². The molecule has 1 aliphatic carbocycles. The lowest BCUT2D eigenvalue weighted by Crippen LogP contribution is -2.26. The molecule has 7 nitrogen and oxygen atoms in total. The van der Waals surface area contributed by atoms with Crippen LogP contribution in [0.4, 0.5) is 0 Å². The van der Waals surface area contributed by atoms with Crippen molar-refractivity contribution in [2.45, 2.75) is 64.5 Å². The van der Waals surface area contributed by atoms with Crippen molar-refractivity contribution >= 4 is 28.3 Å². The molecule has 2 aliphatic rings. The molecule has 3 aromatic rings. The first-order valence-corrected chi connectivity index (χ1v) is 11.4. The minimum Gasteiger partial charge on any atom is -0.473 e. The lowest BCUT2D eigenvalue weighted by molar-refractivity contribution is -0.119. The van der Waals surface area contributed by atoms with Gasteiger partial charge in [-0.1, -0.05) is 20.8 Å². The van der Waals surface area contributed by atoms with Crippen LogP contribution < -0.4 is 10.1 Å². The minimum absolute atomic E-state index is 0.00355. The second-order valence-corrected chi connectivity index (χ2v) is 10.5. The molecular formula is C22H27N5O2S. The van der Waals surface area contributed by atoms with E-state index in [4.69, 9.17) is 9.72 Å². The molecular weight excluding hydrogens is 398 g/mol. The van der Waals surface area contributed by atoms with Gasteiger partial charge in [-0.05, 0) is 25.8 Å². The Morgan fingerprint density at radius 3 is 2.73 bits per heavy atom. The van der Waals surface area contributed by atoms with Crippen LogP contribution in [0.15, 0.2) is 18.6 Å². The first-order chi connectivity index (χ1) is 14.3. The van der Waals surface area contributed by atoms with Gasteiger partial charge in [0.1, 0.15) is 11.6 Å². The number of nitrogens with one attached hydrogen (secondary N) is 1. The average molecular weight is 426 g/mol. The monoisotopic (exact) mass is 425 g/mol. The standard InChI is InChI=1S/C22H27N5O2S/c1-12(13-7-18(28)23-9-13)29-20-19-16(25-11-27(19)14-5-6-14)8-15(26-20)17-10-24-21(30-17)22(2,3)4/h8,10-14H,5-7,9H2,1-4H3,(H,23,28). The number of amides is 1. The predicted molar refractivity (Wildman–Crippen MR) is 117 cm³/mol. The van der Waals surface area contributed by atoms with Crippen LogP contribution in [0.3, 0.4) is 0 Å². The van der Waals surface area contributed by atoms with E-state index in [0.29, 0.717) is 24.9 Å². The fourth-order valence-corrected chi connectivity index (χ4v) is 4.77. The smallest absolute Gasteiger partial charge is 0.241 e. The molecule has 2 unspecified atom stereocenters. The predicted octanol–water partition coefficient (Wildman–Crippen LogP) is 4.09. The molecule has 4 heterocycles. The Labute approximate surface area is 179 Å². The van der Waals surface area contributed by atoms with Gasteiger partial charge in [-0.15, -0.1) is 11.3 Å². The second kappa shape index (κ2) is 7.04. The van der Waals surface area contributed by atoms with Gasteiger partial charge in [0.25, 0.3) is 0 Å². The Kier molecular flexibility index (Phi) is 4.57. The van der Waals surface area contributed by atoms with Crippen molar-refractivity contribution in [1.82, 2.24) is 24.8 Å². The van der Waals surface area contributed by atoms with Gasteiger partial charge >= 0.3 is 0 Å². The van der Waals surface area contributed by atoms with E-state index in [1.165, 1.54) is 0 Å². The first-order valence-electron chi connectivity index (χ1n) is 10.6. The van der Waals surface area contributed by atoms with Gasteiger partial charge in [0, 0.05) is 36.5 Å². The van der Waals surface area contributed by atoms with Gasteiger partial charge in [-0.2, -0.15) is 0 Å². The fraction of sp³-hybridized carbons (Fsp3) is 0.545. The van der Waals surface area contributed by atoms with Crippen LogP contribution in [0.25, 0.3) is 21.6 Å². The van der Waals surface area contributed by atoms with Crippen molar-refractivity contribution in [3.63, 3.8) is 0 Å². The van der Waals surface area contributed by atoms with Gasteiger partial charge in [-0.25, -0.2) is 15.0 Å². The highest BCUT2D eigenvalue weighted by Crippen LogP contribution is 2.41. The topological polar surface area (TPSA) is 81.9 Å². The largest absolute Gasteiger partial charge is 0.473 e. The SMILES string of the molecule is CC(Oc1nc(-c2cnc(C(C)(C)C)s2)cc2ncn(C3CC3)c12)C1CNC(=O)C1. The number of carbonyl (C=O) groups excluding carboxylic acids is 1. The number of nitrogens with zero attached hydrogens (tertiary/aromatic N) is 4. The Morgan fingerprint density at radius 2 is 2.10 bits per heavy atom. The maximum Gasteiger partial charge on any atom is 0.241 e. The summed E-state index contributed by atoms with van der Waals surface area (Å²) in [5, 5.41) is 3.98. The number of imidazole rings is 1. The molecule has 30 heavy (non-hydrogen) atoms. The number of carbonyl (C=O) groups is 1. The summed E-state index contributed by atoms with van der Waals surface area (Å²) < 4.78 is 8.59. The quantitative estimate of drug-likeness (QED) is 0.666. The van der Waals surface area contributed by atoms with Crippen molar-refractivity contribution < 1.29 is 9.53 Å². The van der Waals surface area contributed by atoms with Crippen LogP contribution in [0.5, 0.6) is 5.88 Å². The highest BCUT2D eigenvalue weighted by Gasteiger charge is 2.31. The van der Waals surface area contributed by atoms with Crippen molar-refractivity contribution in [2.24, 2.45) is 5.92 Å². The molecule has 2 fully saturated rings. The number of hydrogen-bond donors (Lipinski definition) is 1. The van der Waals surface area contributed by atoms with Crippen LogP contribution in [0, 0.1) is 5.92 Å². The molecule has 2 atom stereocenters. The molecule has 8 heteroatoms. The van der Waals surface area contributed by atoms with Crippen LogP contribution in [-0.2, 0) is 10.2 Å². The zero-order chi connectivity index (χ0) is 21.0. The number of fused-ring (bicyclic) bond motifs is 1. The van der Waals surface area contributed by atoms with Gasteiger partial charge in [-0.3, -0.25) is 4.79 Å². The number of pyridine rings is 1. The number of hydrogen-bond acceptors (Lipinski definition) is 6. The summed E-state index contributed by atoms with van der Waals surface area (Å²) in [5.41, 5.74) is 2.67. The zero-order valence-corrected chi connectivity index (χ0v) is 18.6. The summed E-state index contributed by atoms with van der Waals surface area (Å²) >= 11 is 1.66. The summed E-state index contributed by atoms with van der Waals surface area (Å²) in [6.07, 6.45) is 6.49. The van der Waals surface area contributed by atoms with E-state index in [2.05, 4.69) is 40.6 Å². The van der Waals surface area contributed by atoms with Crippen molar-refractivity contribution in [3.8, 4) is 16.5 Å². The maximum atomic E-state index is 11.7. The van der Waals surface area contributed by atoms with Crippen molar-refractivity contribution in [3.05, 3.63) is 23.6 Å². The van der Waals surface area contributed by atoms with Gasteiger partial charge in [0.2, 0.25) is 11.8 Å². The third-order valence-corrected chi connectivity index (χ3v) is 7.28. The minimum atomic E-state index is -0.121. The Bertz CT molecular complexity index is 1110. The van der Waals surface area contributed by atoms with Crippen LogP contribution in [-0.4, -0.2) is 38.1 Å². The summed E-state index contributed by atoms with van der Waals surface area (Å²) in [4.78, 5) is 26.9. The highest BCUT2D eigenvalue weighted by atomic mass is 32.1. The molecule has 3 aromatic heterocycles. The normalized spacial score (nSPS) is 20.5. The summed E-state index contributed by atoms with van der Waals surface area (Å²) in [6, 6.07) is 2.51. The Hall–Kier alpha value is -2.48. The summed E-state index contributed by atoms with van der Waals surface area (Å²) in [5.74, 6) is 0.834. The first kappa shape index (κ1) is 19.5. The zero-order valence-electron chi connectivity index (χ0n) is 17.8. The fourth-order valence-electron chi connectivity index (χ4n) is 3.83. The number of rotatable bonds is 5. The van der Waals surface area contributed by atoms with Crippen LogP contribution >= 0.6 is 11.3 Å². The molecule has 0 bridgehead atoms. The molecule has 1 aliphatic heterocycles. The molecule has 0 spiro atoms. The molecule has 1 amide bonds. The Balaban J connectivity index is 1.55. The van der Waals surface area contributed by atoms with Crippen molar-refractivity contribution in [2.75, 3.05) is 6.54 Å². The molecule has 1 N–H and O–H groups in total. The third kappa shape index (κ3) is 3.57. The van der Waals surface area contributed by atoms with Gasteiger partial charge < -0.3 is 14.6 Å². The molecule has 0 aromatic carbocycles. The van der Waals surface area contributed by atoms with Crippen LogP contribution in [0.1, 0.15) is 58.0 Å². The van der Waals surface area contributed by atoms with E-state index in [-0.39, 0.29) is 23.3 Å². The second-order valence-electron chi connectivity index (χ2n) is 9.43. The molecule has 1 saturated carbocycles. The lowest BCUT2D eigenvalue weighted by atomic mass is 9.98. The van der Waals surface area contributed by atoms with E-state index in [9.17, 15) is 4.79 Å². The summed E-state index contributed by atoms with van der Waals surface area (Å²) in [6.45, 7) is 9.16. The van der Waals surface area contributed by atoms with Crippen molar-refractivity contribution in [1.29, 1.82) is 0 Å². The van der Waals surface area contributed by atoms with E-state index in [1.54, 1.807) is 11.3 Å². The molecule has 0 radical (unpaired) electrons. The third-order valence-electron chi connectivity index (χ3n) is 5.83. The lowest BCUT2D eigenvalue weighted by Gasteiger charge is -2.20. The molecule has 158 valence electrons. The highest BCUT2D eigenvalue weighted by molar-refractivity contribution is 7.15. The van der Waals surface area contributed by atoms with E-state index >= 15 is 0 Å². The molecule has 5 rings (SSSR count). The maximum absolute atomic E-state index is 11.7. The number of thiazole rings is 1. The number of aromatic nitrogens is 4. The van der Waals surface area contributed by atoms with Gasteiger partial charge in [0.15, 0.2) is 0 Å². The number of ether oxygens (including phenoxy) is 1. The van der Waals surface area contributed by atoms with E-state index < -0.39 is 0 Å². The summed E-state index contributed by atoms with van der Waals surface area (Å²) in [7, 11) is 0.